The summed E-state index contributed by atoms with van der Waals surface area (Å²) in [6.07, 6.45) is 1.15. The highest BCUT2D eigenvalue weighted by Crippen LogP contribution is 2.22. The lowest BCUT2D eigenvalue weighted by atomic mass is 10.2. The fourth-order valence-corrected chi connectivity index (χ4v) is 2.82. The zero-order valence-electron chi connectivity index (χ0n) is 10.5. The van der Waals surface area contributed by atoms with Gasteiger partial charge in [0.15, 0.2) is 0 Å². The van der Waals surface area contributed by atoms with Crippen molar-refractivity contribution < 1.29 is 19.5 Å². The predicted molar refractivity (Wildman–Crippen MR) is 68.1 cm³/mol. The largest absolute Gasteiger partial charge is 0.480 e. The monoisotopic (exact) mass is 274 g/mol. The van der Waals surface area contributed by atoms with E-state index in [1.165, 1.54) is 23.6 Å². The summed E-state index contributed by atoms with van der Waals surface area (Å²) in [7, 11) is 0. The van der Waals surface area contributed by atoms with Gasteiger partial charge in [-0.2, -0.15) is 0 Å². The summed E-state index contributed by atoms with van der Waals surface area (Å²) in [5.74, 6) is -0.503. The van der Waals surface area contributed by atoms with E-state index in [1.807, 2.05) is 6.92 Å². The lowest BCUT2D eigenvalue weighted by Crippen LogP contribution is -2.50. The van der Waals surface area contributed by atoms with Crippen LogP contribution in [0.5, 0.6) is 0 Å². The van der Waals surface area contributed by atoms with Crippen LogP contribution in [-0.2, 0) is 14.4 Å². The van der Waals surface area contributed by atoms with Gasteiger partial charge in [0.25, 0.3) is 0 Å². The Bertz CT molecular complexity index is 348. The number of hydrogen-bond acceptors (Lipinski definition) is 4. The maximum atomic E-state index is 11.9. The van der Waals surface area contributed by atoms with E-state index in [4.69, 9.17) is 5.11 Å². The van der Waals surface area contributed by atoms with E-state index >= 15 is 0 Å². The number of nitrogens with one attached hydrogen (secondary N) is 1. The predicted octanol–water partition coefficient (Wildman–Crippen LogP) is 0.277. The Balaban J connectivity index is 2.61. The minimum atomic E-state index is -1.08. The molecule has 102 valence electrons. The van der Waals surface area contributed by atoms with Crippen LogP contribution in [0.3, 0.4) is 0 Å². The maximum absolute atomic E-state index is 11.9. The standard InChI is InChI=1S/C11H18N2O4S/c1-3-4-9(14)13-6-18-5-8(13)10(15)12-7(2)11(16)17/h7-8H,3-6H2,1-2H3,(H,12,15)(H,16,17)/t7-,8?/m1/s1. The molecule has 0 spiro atoms. The van der Waals surface area contributed by atoms with Crippen LogP contribution >= 0.6 is 11.8 Å². The summed E-state index contributed by atoms with van der Waals surface area (Å²) in [5, 5.41) is 11.1. The molecule has 2 N–H and O–H groups in total. The normalized spacial score (nSPS) is 20.6. The number of thioether (sulfide) groups is 1. The number of amides is 2. The molecule has 0 aliphatic carbocycles. The maximum Gasteiger partial charge on any atom is 0.325 e. The van der Waals surface area contributed by atoms with Crippen molar-refractivity contribution in [1.29, 1.82) is 0 Å². The molecular weight excluding hydrogens is 256 g/mol. The van der Waals surface area contributed by atoms with Crippen molar-refractivity contribution in [1.82, 2.24) is 10.2 Å². The molecule has 1 heterocycles. The molecule has 0 saturated carbocycles. The van der Waals surface area contributed by atoms with Gasteiger partial charge in [0.1, 0.15) is 12.1 Å². The average Bonchev–Trinajstić information content (AvgIpc) is 2.77. The molecule has 0 radical (unpaired) electrons. The second kappa shape index (κ2) is 6.63. The van der Waals surface area contributed by atoms with Crippen LogP contribution in [-0.4, -0.2) is 51.5 Å². The Hall–Kier alpha value is -1.24. The number of carboxylic acids is 1. The molecule has 18 heavy (non-hydrogen) atoms. The smallest absolute Gasteiger partial charge is 0.325 e. The third-order valence-electron chi connectivity index (χ3n) is 2.70. The summed E-state index contributed by atoms with van der Waals surface area (Å²) >= 11 is 1.51. The van der Waals surface area contributed by atoms with E-state index in [0.29, 0.717) is 18.1 Å². The van der Waals surface area contributed by atoms with Crippen LogP contribution in [0.15, 0.2) is 0 Å². The van der Waals surface area contributed by atoms with Crippen LogP contribution in [0, 0.1) is 0 Å². The molecule has 1 aliphatic rings. The minimum Gasteiger partial charge on any atom is -0.480 e. The molecule has 2 atom stereocenters. The first-order chi connectivity index (χ1) is 8.47. The van der Waals surface area contributed by atoms with Gasteiger partial charge >= 0.3 is 5.97 Å². The average molecular weight is 274 g/mol. The number of aliphatic carboxylic acids is 1. The van der Waals surface area contributed by atoms with Crippen molar-refractivity contribution in [3.63, 3.8) is 0 Å². The lowest BCUT2D eigenvalue weighted by molar-refractivity contribution is -0.143. The van der Waals surface area contributed by atoms with Gasteiger partial charge < -0.3 is 15.3 Å². The zero-order chi connectivity index (χ0) is 13.7. The number of carbonyl (C=O) groups excluding carboxylic acids is 2. The number of nitrogens with zero attached hydrogens (tertiary/aromatic N) is 1. The van der Waals surface area contributed by atoms with Crippen molar-refractivity contribution >= 4 is 29.5 Å². The first kappa shape index (κ1) is 14.8. The lowest BCUT2D eigenvalue weighted by Gasteiger charge is -2.23. The van der Waals surface area contributed by atoms with Crippen LogP contribution in [0.4, 0.5) is 0 Å². The third-order valence-corrected chi connectivity index (χ3v) is 3.71. The van der Waals surface area contributed by atoms with Gasteiger partial charge in [0, 0.05) is 12.2 Å². The highest BCUT2D eigenvalue weighted by molar-refractivity contribution is 7.99. The fraction of sp³-hybridized carbons (Fsp3) is 0.727. The molecule has 1 rings (SSSR count). The van der Waals surface area contributed by atoms with Gasteiger partial charge in [-0.1, -0.05) is 6.92 Å². The second-order valence-electron chi connectivity index (χ2n) is 4.20. The highest BCUT2D eigenvalue weighted by atomic mass is 32.2. The number of carbonyl (C=O) groups is 3. The molecule has 0 aromatic carbocycles. The van der Waals surface area contributed by atoms with Crippen LogP contribution in [0.25, 0.3) is 0 Å². The van der Waals surface area contributed by atoms with E-state index in [0.717, 1.165) is 6.42 Å². The summed E-state index contributed by atoms with van der Waals surface area (Å²) in [4.78, 5) is 35.9. The van der Waals surface area contributed by atoms with E-state index in [-0.39, 0.29) is 11.8 Å². The Morgan fingerprint density at radius 3 is 2.72 bits per heavy atom. The van der Waals surface area contributed by atoms with Gasteiger partial charge in [0.05, 0.1) is 5.88 Å². The number of rotatable bonds is 5. The van der Waals surface area contributed by atoms with Gasteiger partial charge in [-0.25, -0.2) is 0 Å². The van der Waals surface area contributed by atoms with E-state index in [2.05, 4.69) is 5.32 Å². The van der Waals surface area contributed by atoms with E-state index in [1.54, 1.807) is 0 Å². The van der Waals surface area contributed by atoms with Crippen molar-refractivity contribution in [2.75, 3.05) is 11.6 Å². The van der Waals surface area contributed by atoms with Crippen LogP contribution < -0.4 is 5.32 Å². The molecule has 0 bridgehead atoms. The molecule has 2 amide bonds. The quantitative estimate of drug-likeness (QED) is 0.752. The van der Waals surface area contributed by atoms with Gasteiger partial charge in [0.2, 0.25) is 11.8 Å². The SMILES string of the molecule is CCCC(=O)N1CSCC1C(=O)N[C@H](C)C(=O)O. The Morgan fingerprint density at radius 2 is 2.17 bits per heavy atom. The van der Waals surface area contributed by atoms with Crippen LogP contribution in [0.2, 0.25) is 0 Å². The zero-order valence-corrected chi connectivity index (χ0v) is 11.3. The number of carboxylic acid groups (broad SMARTS) is 1. The minimum absolute atomic E-state index is 0.0503. The van der Waals surface area contributed by atoms with Crippen molar-refractivity contribution in [2.45, 2.75) is 38.8 Å². The first-order valence-corrected chi connectivity index (χ1v) is 7.03. The summed E-state index contributed by atoms with van der Waals surface area (Å²) < 4.78 is 0. The summed E-state index contributed by atoms with van der Waals surface area (Å²) in [6.45, 7) is 3.31. The summed E-state index contributed by atoms with van der Waals surface area (Å²) in [6, 6.07) is -1.48. The topological polar surface area (TPSA) is 86.7 Å². The fourth-order valence-electron chi connectivity index (χ4n) is 1.63. The van der Waals surface area contributed by atoms with Gasteiger partial charge in [-0.05, 0) is 13.3 Å². The van der Waals surface area contributed by atoms with E-state index in [9.17, 15) is 14.4 Å². The molecule has 1 fully saturated rings. The molecular formula is C11H18N2O4S. The van der Waals surface area contributed by atoms with Crippen molar-refractivity contribution in [2.24, 2.45) is 0 Å². The molecule has 6 nitrogen and oxygen atoms in total. The summed E-state index contributed by atoms with van der Waals surface area (Å²) in [5.41, 5.74) is 0. The molecule has 1 unspecified atom stereocenters. The van der Waals surface area contributed by atoms with Gasteiger partial charge in [-0.15, -0.1) is 11.8 Å². The first-order valence-electron chi connectivity index (χ1n) is 5.87. The van der Waals surface area contributed by atoms with E-state index < -0.39 is 18.1 Å². The Labute approximate surface area is 110 Å². The third kappa shape index (κ3) is 3.63. The Kier molecular flexibility index (Phi) is 5.46. The molecule has 0 aromatic heterocycles. The van der Waals surface area contributed by atoms with Crippen molar-refractivity contribution in [3.05, 3.63) is 0 Å². The van der Waals surface area contributed by atoms with Gasteiger partial charge in [-0.3, -0.25) is 14.4 Å². The molecule has 1 saturated heterocycles. The Morgan fingerprint density at radius 1 is 1.50 bits per heavy atom. The van der Waals surface area contributed by atoms with Crippen molar-refractivity contribution in [3.8, 4) is 0 Å². The highest BCUT2D eigenvalue weighted by Gasteiger charge is 2.35. The molecule has 0 aromatic rings. The molecule has 7 heteroatoms. The molecule has 1 aliphatic heterocycles. The number of hydrogen-bond donors (Lipinski definition) is 2. The van der Waals surface area contributed by atoms with Crippen LogP contribution in [0.1, 0.15) is 26.7 Å². The second-order valence-corrected chi connectivity index (χ2v) is 5.20.